The second kappa shape index (κ2) is 7.63. The lowest BCUT2D eigenvalue weighted by Crippen LogP contribution is -2.64. The molecule has 11 nitrogen and oxygen atoms in total. The molecule has 2 fully saturated rings. The molecule has 2 rings (SSSR count). The van der Waals surface area contributed by atoms with Gasteiger partial charge in [0.15, 0.2) is 12.6 Å². The Hall–Kier alpha value is -0.440. The van der Waals surface area contributed by atoms with E-state index >= 15 is 0 Å². The molecule has 136 valence electrons. The summed E-state index contributed by atoms with van der Waals surface area (Å²) in [7, 11) is 0. The van der Waals surface area contributed by atoms with Gasteiger partial charge in [0.25, 0.3) is 0 Å². The molecule has 0 aliphatic carbocycles. The van der Waals surface area contributed by atoms with Crippen molar-refractivity contribution in [1.82, 2.24) is 0 Å². The van der Waals surface area contributed by atoms with Crippen molar-refractivity contribution < 1.29 is 55.1 Å². The predicted octanol–water partition coefficient (Wildman–Crippen LogP) is -5.40. The fourth-order valence-corrected chi connectivity index (χ4v) is 2.57. The first kappa shape index (κ1) is 18.9. The Bertz CT molecular complexity index is 378. The molecule has 2 heterocycles. The maximum atomic E-state index is 9.94. The van der Waals surface area contributed by atoms with E-state index in [4.69, 9.17) is 19.3 Å². The number of aliphatic hydroxyl groups is 8. The van der Waals surface area contributed by atoms with Crippen molar-refractivity contribution in [2.45, 2.75) is 61.4 Å². The Labute approximate surface area is 130 Å². The van der Waals surface area contributed by atoms with Crippen LogP contribution in [0.3, 0.4) is 0 Å². The van der Waals surface area contributed by atoms with E-state index < -0.39 is 74.6 Å². The zero-order valence-corrected chi connectivity index (χ0v) is 12.0. The quantitative estimate of drug-likeness (QED) is 0.243. The SMILES string of the molecule is OC[C@@H]1O[C@@H](O)[C@H](O)[C@@H](O)[C@@H]1O[C@@H]1O[C@H](CO)[C@@H](O)[C@H](O)[C@H]1O. The van der Waals surface area contributed by atoms with Gasteiger partial charge in [-0.25, -0.2) is 0 Å². The van der Waals surface area contributed by atoms with Crippen LogP contribution in [0.25, 0.3) is 0 Å². The lowest BCUT2D eigenvalue weighted by atomic mass is 9.97. The maximum absolute atomic E-state index is 9.94. The van der Waals surface area contributed by atoms with Gasteiger partial charge in [-0.2, -0.15) is 0 Å². The minimum Gasteiger partial charge on any atom is -0.394 e. The average Bonchev–Trinajstić information content (AvgIpc) is 2.55. The monoisotopic (exact) mass is 342 g/mol. The summed E-state index contributed by atoms with van der Waals surface area (Å²) in [6.07, 6.45) is -15.6. The first-order valence-electron chi connectivity index (χ1n) is 7.08. The van der Waals surface area contributed by atoms with E-state index in [1.807, 2.05) is 0 Å². The number of hydrogen-bond donors (Lipinski definition) is 8. The summed E-state index contributed by atoms with van der Waals surface area (Å²) in [5.74, 6) is 0. The molecule has 23 heavy (non-hydrogen) atoms. The fourth-order valence-electron chi connectivity index (χ4n) is 2.57. The Balaban J connectivity index is 2.11. The van der Waals surface area contributed by atoms with Crippen LogP contribution in [0.1, 0.15) is 0 Å². The Morgan fingerprint density at radius 3 is 1.83 bits per heavy atom. The second-order valence-electron chi connectivity index (χ2n) is 5.53. The van der Waals surface area contributed by atoms with E-state index in [-0.39, 0.29) is 0 Å². The Kier molecular flexibility index (Phi) is 6.27. The van der Waals surface area contributed by atoms with Crippen molar-refractivity contribution in [1.29, 1.82) is 0 Å². The van der Waals surface area contributed by atoms with E-state index in [1.54, 1.807) is 0 Å². The van der Waals surface area contributed by atoms with Gasteiger partial charge < -0.3 is 55.1 Å². The minimum atomic E-state index is -1.74. The zero-order valence-electron chi connectivity index (χ0n) is 12.0. The molecule has 2 saturated heterocycles. The van der Waals surface area contributed by atoms with Crippen LogP contribution < -0.4 is 0 Å². The van der Waals surface area contributed by atoms with Gasteiger partial charge >= 0.3 is 0 Å². The van der Waals surface area contributed by atoms with E-state index in [9.17, 15) is 35.7 Å². The average molecular weight is 342 g/mol. The zero-order chi connectivity index (χ0) is 17.3. The normalized spacial score (nSPS) is 51.7. The molecule has 10 atom stereocenters. The van der Waals surface area contributed by atoms with Crippen LogP contribution in [-0.4, -0.2) is 115 Å². The molecule has 0 unspecified atom stereocenters. The molecule has 2 aliphatic heterocycles. The van der Waals surface area contributed by atoms with E-state index in [0.29, 0.717) is 0 Å². The Morgan fingerprint density at radius 1 is 0.652 bits per heavy atom. The molecule has 8 N–H and O–H groups in total. The van der Waals surface area contributed by atoms with Crippen molar-refractivity contribution in [3.63, 3.8) is 0 Å². The molecular weight excluding hydrogens is 320 g/mol. The summed E-state index contributed by atoms with van der Waals surface area (Å²) in [6, 6.07) is 0. The van der Waals surface area contributed by atoms with E-state index in [1.165, 1.54) is 0 Å². The van der Waals surface area contributed by atoms with Gasteiger partial charge in [0.2, 0.25) is 0 Å². The molecule has 0 saturated carbocycles. The topological polar surface area (TPSA) is 190 Å². The third kappa shape index (κ3) is 3.65. The smallest absolute Gasteiger partial charge is 0.187 e. The third-order valence-corrected chi connectivity index (χ3v) is 3.98. The third-order valence-electron chi connectivity index (χ3n) is 3.98. The highest BCUT2D eigenvalue weighted by atomic mass is 16.7. The van der Waals surface area contributed by atoms with Gasteiger partial charge in [0.1, 0.15) is 48.8 Å². The van der Waals surface area contributed by atoms with Crippen LogP contribution in [0.15, 0.2) is 0 Å². The summed E-state index contributed by atoms with van der Waals surface area (Å²) < 4.78 is 15.3. The maximum Gasteiger partial charge on any atom is 0.187 e. The highest BCUT2D eigenvalue weighted by Gasteiger charge is 2.50. The van der Waals surface area contributed by atoms with Crippen molar-refractivity contribution in [2.75, 3.05) is 13.2 Å². The summed E-state index contributed by atoms with van der Waals surface area (Å²) in [5.41, 5.74) is 0. The number of ether oxygens (including phenoxy) is 3. The van der Waals surface area contributed by atoms with Gasteiger partial charge in [-0.3, -0.25) is 0 Å². The molecule has 0 amide bonds. The van der Waals surface area contributed by atoms with Crippen LogP contribution in [0, 0.1) is 0 Å². The van der Waals surface area contributed by atoms with Crippen molar-refractivity contribution in [3.05, 3.63) is 0 Å². The first-order valence-corrected chi connectivity index (χ1v) is 7.08. The van der Waals surface area contributed by atoms with Crippen molar-refractivity contribution in [2.24, 2.45) is 0 Å². The predicted molar refractivity (Wildman–Crippen MR) is 68.6 cm³/mol. The van der Waals surface area contributed by atoms with Crippen LogP contribution in [-0.2, 0) is 14.2 Å². The molecule has 11 heteroatoms. The minimum absolute atomic E-state index is 0.667. The lowest BCUT2D eigenvalue weighted by Gasteiger charge is -2.45. The molecule has 0 aromatic heterocycles. The van der Waals surface area contributed by atoms with Crippen molar-refractivity contribution >= 4 is 0 Å². The standard InChI is InChI=1S/C12H22O11/c13-1-3-5(15)6(16)9(19)12(22-3)23-10-4(2-14)21-11(20)8(18)7(10)17/h3-20H,1-2H2/t3-,4+,5-,6+,7-,8-,9-,10-,11-,12+/m1/s1. The lowest BCUT2D eigenvalue weighted by molar-refractivity contribution is -0.355. The fraction of sp³-hybridized carbons (Fsp3) is 1.00. The van der Waals surface area contributed by atoms with Crippen LogP contribution in [0.5, 0.6) is 0 Å². The van der Waals surface area contributed by atoms with Crippen LogP contribution in [0.2, 0.25) is 0 Å². The molecule has 0 radical (unpaired) electrons. The van der Waals surface area contributed by atoms with Gasteiger partial charge in [-0.1, -0.05) is 0 Å². The second-order valence-corrected chi connectivity index (χ2v) is 5.53. The number of rotatable bonds is 4. The van der Waals surface area contributed by atoms with Gasteiger partial charge in [0.05, 0.1) is 13.2 Å². The first-order chi connectivity index (χ1) is 10.8. The van der Waals surface area contributed by atoms with Crippen LogP contribution in [0.4, 0.5) is 0 Å². The highest BCUT2D eigenvalue weighted by Crippen LogP contribution is 2.28. The highest BCUT2D eigenvalue weighted by molar-refractivity contribution is 4.93. The summed E-state index contributed by atoms with van der Waals surface area (Å²) >= 11 is 0. The number of aliphatic hydroxyl groups excluding tert-OH is 8. The molecule has 0 aromatic carbocycles. The van der Waals surface area contributed by atoms with Crippen LogP contribution >= 0.6 is 0 Å². The summed E-state index contributed by atoms with van der Waals surface area (Å²) in [6.45, 7) is -1.35. The molecule has 0 bridgehead atoms. The molecular formula is C12H22O11. The van der Waals surface area contributed by atoms with Gasteiger partial charge in [-0.15, -0.1) is 0 Å². The van der Waals surface area contributed by atoms with Crippen molar-refractivity contribution in [3.8, 4) is 0 Å². The molecule has 0 spiro atoms. The Morgan fingerprint density at radius 2 is 1.26 bits per heavy atom. The number of hydrogen-bond acceptors (Lipinski definition) is 11. The van der Waals surface area contributed by atoms with E-state index in [2.05, 4.69) is 0 Å². The van der Waals surface area contributed by atoms with Gasteiger partial charge in [0, 0.05) is 0 Å². The van der Waals surface area contributed by atoms with E-state index in [0.717, 1.165) is 0 Å². The largest absolute Gasteiger partial charge is 0.394 e. The molecule has 2 aliphatic rings. The summed E-state index contributed by atoms with van der Waals surface area (Å²) in [5, 5.41) is 76.5. The summed E-state index contributed by atoms with van der Waals surface area (Å²) in [4.78, 5) is 0. The van der Waals surface area contributed by atoms with Gasteiger partial charge in [-0.05, 0) is 0 Å². The molecule has 0 aromatic rings.